The van der Waals surface area contributed by atoms with E-state index >= 15 is 0 Å². The summed E-state index contributed by atoms with van der Waals surface area (Å²) in [6.45, 7) is 2.22. The third-order valence-corrected chi connectivity index (χ3v) is 3.25. The van der Waals surface area contributed by atoms with Gasteiger partial charge in [-0.2, -0.15) is 0 Å². The van der Waals surface area contributed by atoms with Gasteiger partial charge in [-0.25, -0.2) is 0 Å². The Bertz CT molecular complexity index is 294. The van der Waals surface area contributed by atoms with Crippen LogP contribution < -0.4 is 5.73 Å². The van der Waals surface area contributed by atoms with Gasteiger partial charge < -0.3 is 5.73 Å². The molecule has 13 heavy (non-hydrogen) atoms. The van der Waals surface area contributed by atoms with E-state index in [1.165, 1.54) is 12.1 Å². The summed E-state index contributed by atoms with van der Waals surface area (Å²) < 4.78 is 1.86. The van der Waals surface area contributed by atoms with Gasteiger partial charge in [-0.3, -0.25) is 4.68 Å². The molecule has 0 bridgehead atoms. The van der Waals surface area contributed by atoms with E-state index in [0.29, 0.717) is 17.9 Å². The lowest BCUT2D eigenvalue weighted by Gasteiger charge is -2.17. The fourth-order valence-corrected chi connectivity index (χ4v) is 2.25. The van der Waals surface area contributed by atoms with Crippen LogP contribution >= 0.6 is 0 Å². The minimum absolute atomic E-state index is 0.347. The SMILES string of the molecule is CC1C(N)CCC1c1cnnn1C. The Balaban J connectivity index is 2.23. The zero-order chi connectivity index (χ0) is 9.42. The highest BCUT2D eigenvalue weighted by molar-refractivity contribution is 5.09. The Labute approximate surface area is 78.1 Å². The van der Waals surface area contributed by atoms with Crippen molar-refractivity contribution in [2.45, 2.75) is 31.7 Å². The van der Waals surface area contributed by atoms with Gasteiger partial charge in [0.05, 0.1) is 11.9 Å². The third kappa shape index (κ3) is 1.35. The van der Waals surface area contributed by atoms with Gasteiger partial charge in [-0.05, 0) is 18.8 Å². The first-order valence-electron chi connectivity index (χ1n) is 4.80. The molecule has 0 amide bonds. The maximum absolute atomic E-state index is 5.97. The Morgan fingerprint density at radius 3 is 2.77 bits per heavy atom. The molecule has 0 saturated heterocycles. The fraction of sp³-hybridized carbons (Fsp3) is 0.778. The second kappa shape index (κ2) is 3.10. The highest BCUT2D eigenvalue weighted by Gasteiger charge is 2.33. The van der Waals surface area contributed by atoms with Crippen LogP contribution in [-0.4, -0.2) is 21.0 Å². The van der Waals surface area contributed by atoms with Crippen molar-refractivity contribution in [3.8, 4) is 0 Å². The lowest BCUT2D eigenvalue weighted by Crippen LogP contribution is -2.25. The van der Waals surface area contributed by atoms with E-state index < -0.39 is 0 Å². The van der Waals surface area contributed by atoms with Crippen LogP contribution in [0, 0.1) is 5.92 Å². The number of rotatable bonds is 1. The van der Waals surface area contributed by atoms with Crippen LogP contribution in [0.5, 0.6) is 0 Å². The molecule has 1 aliphatic rings. The molecular weight excluding hydrogens is 164 g/mol. The summed E-state index contributed by atoms with van der Waals surface area (Å²) in [7, 11) is 1.94. The van der Waals surface area contributed by atoms with Crippen molar-refractivity contribution >= 4 is 0 Å². The highest BCUT2D eigenvalue weighted by Crippen LogP contribution is 2.37. The first-order chi connectivity index (χ1) is 6.20. The number of aromatic nitrogens is 3. The summed E-state index contributed by atoms with van der Waals surface area (Å²) in [6, 6.07) is 0.347. The van der Waals surface area contributed by atoms with Crippen molar-refractivity contribution in [1.82, 2.24) is 15.0 Å². The predicted octanol–water partition coefficient (Wildman–Crippen LogP) is 0.656. The smallest absolute Gasteiger partial charge is 0.0728 e. The van der Waals surface area contributed by atoms with E-state index in [-0.39, 0.29) is 0 Å². The summed E-state index contributed by atoms with van der Waals surface area (Å²) in [5.41, 5.74) is 7.20. The summed E-state index contributed by atoms with van der Waals surface area (Å²) >= 11 is 0. The molecule has 0 spiro atoms. The van der Waals surface area contributed by atoms with Crippen LogP contribution in [0.25, 0.3) is 0 Å². The maximum Gasteiger partial charge on any atom is 0.0728 e. The van der Waals surface area contributed by atoms with Crippen molar-refractivity contribution in [3.05, 3.63) is 11.9 Å². The molecule has 1 aliphatic carbocycles. The average Bonchev–Trinajstić information content (AvgIpc) is 2.62. The van der Waals surface area contributed by atoms with Gasteiger partial charge in [0, 0.05) is 19.0 Å². The van der Waals surface area contributed by atoms with E-state index in [1.807, 2.05) is 17.9 Å². The molecule has 1 aromatic rings. The number of nitrogens with zero attached hydrogens (tertiary/aromatic N) is 3. The van der Waals surface area contributed by atoms with E-state index in [0.717, 1.165) is 6.42 Å². The Morgan fingerprint density at radius 2 is 2.31 bits per heavy atom. The van der Waals surface area contributed by atoms with Crippen molar-refractivity contribution in [1.29, 1.82) is 0 Å². The molecule has 4 nitrogen and oxygen atoms in total. The average molecular weight is 180 g/mol. The zero-order valence-corrected chi connectivity index (χ0v) is 8.14. The van der Waals surface area contributed by atoms with Gasteiger partial charge in [0.1, 0.15) is 0 Å². The molecule has 0 aliphatic heterocycles. The lowest BCUT2D eigenvalue weighted by molar-refractivity contribution is 0.458. The molecule has 1 aromatic heterocycles. The molecular formula is C9H16N4. The quantitative estimate of drug-likeness (QED) is 0.690. The van der Waals surface area contributed by atoms with Crippen LogP contribution in [0.2, 0.25) is 0 Å². The van der Waals surface area contributed by atoms with Gasteiger partial charge >= 0.3 is 0 Å². The summed E-state index contributed by atoms with van der Waals surface area (Å²) in [5, 5.41) is 7.84. The monoisotopic (exact) mass is 180 g/mol. The van der Waals surface area contributed by atoms with Gasteiger partial charge in [0.15, 0.2) is 0 Å². The van der Waals surface area contributed by atoms with E-state index in [1.54, 1.807) is 0 Å². The minimum atomic E-state index is 0.347. The zero-order valence-electron chi connectivity index (χ0n) is 8.14. The van der Waals surface area contributed by atoms with Crippen molar-refractivity contribution in [2.24, 2.45) is 18.7 Å². The predicted molar refractivity (Wildman–Crippen MR) is 50.1 cm³/mol. The van der Waals surface area contributed by atoms with Crippen LogP contribution in [-0.2, 0) is 7.05 Å². The Hall–Kier alpha value is -0.900. The third-order valence-electron chi connectivity index (χ3n) is 3.25. The highest BCUT2D eigenvalue weighted by atomic mass is 15.4. The first-order valence-corrected chi connectivity index (χ1v) is 4.80. The van der Waals surface area contributed by atoms with Crippen LogP contribution in [0.4, 0.5) is 0 Å². The van der Waals surface area contributed by atoms with Crippen molar-refractivity contribution in [3.63, 3.8) is 0 Å². The molecule has 1 saturated carbocycles. The minimum Gasteiger partial charge on any atom is -0.327 e. The number of aryl methyl sites for hydroxylation is 1. The molecule has 2 N–H and O–H groups in total. The van der Waals surface area contributed by atoms with E-state index in [2.05, 4.69) is 17.2 Å². The molecule has 4 heteroatoms. The Kier molecular flexibility index (Phi) is 2.07. The molecule has 3 unspecified atom stereocenters. The summed E-state index contributed by atoms with van der Waals surface area (Å²) in [4.78, 5) is 0. The van der Waals surface area contributed by atoms with Crippen molar-refractivity contribution in [2.75, 3.05) is 0 Å². The van der Waals surface area contributed by atoms with Gasteiger partial charge in [0.25, 0.3) is 0 Å². The van der Waals surface area contributed by atoms with Gasteiger partial charge in [-0.1, -0.05) is 12.1 Å². The van der Waals surface area contributed by atoms with Gasteiger partial charge in [0.2, 0.25) is 0 Å². The van der Waals surface area contributed by atoms with Crippen LogP contribution in [0.3, 0.4) is 0 Å². The number of hydrogen-bond acceptors (Lipinski definition) is 3. The molecule has 72 valence electrons. The maximum atomic E-state index is 5.97. The van der Waals surface area contributed by atoms with Crippen LogP contribution in [0.15, 0.2) is 6.20 Å². The largest absolute Gasteiger partial charge is 0.327 e. The second-order valence-corrected chi connectivity index (χ2v) is 3.99. The molecule has 0 radical (unpaired) electrons. The lowest BCUT2D eigenvalue weighted by atomic mass is 9.93. The normalized spacial score (nSPS) is 33.9. The topological polar surface area (TPSA) is 56.7 Å². The summed E-state index contributed by atoms with van der Waals surface area (Å²) in [5.74, 6) is 1.10. The Morgan fingerprint density at radius 1 is 1.54 bits per heavy atom. The standard InChI is InChI=1S/C9H16N4/c1-6-7(3-4-8(6)10)9-5-11-12-13(9)2/h5-8H,3-4,10H2,1-2H3. The molecule has 0 aromatic carbocycles. The molecule has 1 heterocycles. The molecule has 3 atom stereocenters. The summed E-state index contributed by atoms with van der Waals surface area (Å²) in [6.07, 6.45) is 4.15. The second-order valence-electron chi connectivity index (χ2n) is 3.99. The van der Waals surface area contributed by atoms with Crippen LogP contribution in [0.1, 0.15) is 31.4 Å². The van der Waals surface area contributed by atoms with Gasteiger partial charge in [-0.15, -0.1) is 5.10 Å². The number of hydrogen-bond donors (Lipinski definition) is 1. The van der Waals surface area contributed by atoms with E-state index in [4.69, 9.17) is 5.73 Å². The molecule has 2 rings (SSSR count). The number of nitrogens with two attached hydrogens (primary N) is 1. The fourth-order valence-electron chi connectivity index (χ4n) is 2.25. The first kappa shape index (κ1) is 8.69. The molecule has 1 fully saturated rings. The van der Waals surface area contributed by atoms with E-state index in [9.17, 15) is 0 Å². The van der Waals surface area contributed by atoms with Crippen molar-refractivity contribution < 1.29 is 0 Å².